The van der Waals surface area contributed by atoms with Crippen LogP contribution in [0.25, 0.3) is 0 Å². The van der Waals surface area contributed by atoms with Gasteiger partial charge in [-0.05, 0) is 30.7 Å². The van der Waals surface area contributed by atoms with Crippen LogP contribution in [-0.2, 0) is 9.59 Å². The molecule has 6 nitrogen and oxygen atoms in total. The van der Waals surface area contributed by atoms with E-state index >= 15 is 0 Å². The van der Waals surface area contributed by atoms with Gasteiger partial charge >= 0.3 is 5.97 Å². The van der Waals surface area contributed by atoms with Crippen molar-refractivity contribution >= 4 is 11.9 Å². The van der Waals surface area contributed by atoms with Gasteiger partial charge in [0.05, 0.1) is 6.61 Å². The smallest absolute Gasteiger partial charge is 0.322 e. The van der Waals surface area contributed by atoms with Gasteiger partial charge < -0.3 is 19.9 Å². The molecular formula is C13H17NO5. The maximum Gasteiger partial charge on any atom is 0.322 e. The summed E-state index contributed by atoms with van der Waals surface area (Å²) in [5.74, 6) is -0.307. The van der Waals surface area contributed by atoms with Crippen LogP contribution in [0.15, 0.2) is 24.3 Å². The molecule has 1 rings (SSSR count). The maximum absolute atomic E-state index is 11.2. The average molecular weight is 267 g/mol. The van der Waals surface area contributed by atoms with Crippen LogP contribution in [0.2, 0.25) is 0 Å². The molecule has 6 heteroatoms. The Morgan fingerprint density at radius 3 is 2.26 bits per heavy atom. The predicted molar refractivity (Wildman–Crippen MR) is 68.4 cm³/mol. The summed E-state index contributed by atoms with van der Waals surface area (Å²) in [6, 6.07) is 6.88. The summed E-state index contributed by atoms with van der Waals surface area (Å²) in [6.45, 7) is 2.04. The Morgan fingerprint density at radius 1 is 1.16 bits per heavy atom. The van der Waals surface area contributed by atoms with E-state index in [0.29, 0.717) is 12.4 Å². The first-order valence-electron chi connectivity index (χ1n) is 5.96. The van der Waals surface area contributed by atoms with Gasteiger partial charge in [0.15, 0.2) is 6.61 Å². The first-order chi connectivity index (χ1) is 9.11. The van der Waals surface area contributed by atoms with E-state index in [1.165, 1.54) is 0 Å². The molecule has 0 aliphatic carbocycles. The molecule has 104 valence electrons. The zero-order valence-electron chi connectivity index (χ0n) is 10.7. The average Bonchev–Trinajstić information content (AvgIpc) is 2.41. The number of amides is 1. The summed E-state index contributed by atoms with van der Waals surface area (Å²) in [7, 11) is 0. The highest BCUT2D eigenvalue weighted by Gasteiger charge is 2.04. The van der Waals surface area contributed by atoms with Gasteiger partial charge in [-0.3, -0.25) is 9.59 Å². The molecule has 1 aromatic carbocycles. The number of nitrogens with one attached hydrogen (secondary N) is 1. The lowest BCUT2D eigenvalue weighted by atomic mass is 10.3. The van der Waals surface area contributed by atoms with E-state index in [1.807, 2.05) is 6.92 Å². The van der Waals surface area contributed by atoms with Crippen LogP contribution in [0.5, 0.6) is 11.5 Å². The second kappa shape index (κ2) is 7.97. The second-order valence-corrected chi connectivity index (χ2v) is 3.78. The molecule has 1 aromatic rings. The van der Waals surface area contributed by atoms with E-state index in [2.05, 4.69) is 5.32 Å². The molecule has 0 aromatic heterocycles. The Morgan fingerprint density at radius 2 is 1.74 bits per heavy atom. The van der Waals surface area contributed by atoms with Gasteiger partial charge in [-0.2, -0.15) is 0 Å². The molecule has 0 aliphatic rings. The molecule has 0 saturated carbocycles. The van der Waals surface area contributed by atoms with Crippen LogP contribution in [0.4, 0.5) is 0 Å². The van der Waals surface area contributed by atoms with Gasteiger partial charge in [-0.1, -0.05) is 6.92 Å². The largest absolute Gasteiger partial charge is 0.494 e. The number of carboxylic acid groups (broad SMARTS) is 1. The zero-order chi connectivity index (χ0) is 14.1. The van der Waals surface area contributed by atoms with Gasteiger partial charge in [0.25, 0.3) is 5.91 Å². The van der Waals surface area contributed by atoms with E-state index in [4.69, 9.17) is 14.6 Å². The minimum Gasteiger partial charge on any atom is -0.494 e. The lowest BCUT2D eigenvalue weighted by Gasteiger charge is -2.08. The predicted octanol–water partition coefficient (Wildman–Crippen LogP) is 1.05. The Labute approximate surface area is 111 Å². The first-order valence-corrected chi connectivity index (χ1v) is 5.96. The Hall–Kier alpha value is -2.24. The fraction of sp³-hybridized carbons (Fsp3) is 0.385. The summed E-state index contributed by atoms with van der Waals surface area (Å²) in [5.41, 5.74) is 0. The molecule has 2 N–H and O–H groups in total. The van der Waals surface area contributed by atoms with Crippen molar-refractivity contribution in [3.8, 4) is 11.5 Å². The summed E-state index contributed by atoms with van der Waals surface area (Å²) in [4.78, 5) is 21.4. The fourth-order valence-corrected chi connectivity index (χ4v) is 1.23. The topological polar surface area (TPSA) is 84.9 Å². The number of carboxylic acids is 1. The summed E-state index contributed by atoms with van der Waals surface area (Å²) in [5, 5.41) is 10.6. The minimum atomic E-state index is -1.09. The van der Waals surface area contributed by atoms with Gasteiger partial charge in [-0.25, -0.2) is 0 Å². The summed E-state index contributed by atoms with van der Waals surface area (Å²) >= 11 is 0. The van der Waals surface area contributed by atoms with Gasteiger partial charge in [0, 0.05) is 0 Å². The number of ether oxygens (including phenoxy) is 2. The quantitative estimate of drug-likeness (QED) is 0.735. The van der Waals surface area contributed by atoms with Crippen LogP contribution in [0, 0.1) is 0 Å². The summed E-state index contributed by atoms with van der Waals surface area (Å²) < 4.78 is 10.6. The third kappa shape index (κ3) is 6.30. The molecule has 0 aliphatic heterocycles. The van der Waals surface area contributed by atoms with Crippen molar-refractivity contribution in [1.82, 2.24) is 5.32 Å². The molecule has 0 heterocycles. The summed E-state index contributed by atoms with van der Waals surface area (Å²) in [6.07, 6.45) is 0.933. The van der Waals surface area contributed by atoms with Crippen LogP contribution in [-0.4, -0.2) is 36.7 Å². The van der Waals surface area contributed by atoms with E-state index in [-0.39, 0.29) is 6.61 Å². The standard InChI is InChI=1S/C13H17NO5/c1-2-7-18-10-3-5-11(6-4-10)19-9-12(15)14-8-13(16)17/h3-6H,2,7-9H2,1H3,(H,14,15)(H,16,17). The molecule has 0 saturated heterocycles. The fourth-order valence-electron chi connectivity index (χ4n) is 1.23. The molecule has 0 atom stereocenters. The maximum atomic E-state index is 11.2. The molecule has 0 fully saturated rings. The molecule has 19 heavy (non-hydrogen) atoms. The van der Waals surface area contributed by atoms with E-state index < -0.39 is 18.4 Å². The number of benzene rings is 1. The lowest BCUT2D eigenvalue weighted by Crippen LogP contribution is -2.33. The number of rotatable bonds is 8. The molecular weight excluding hydrogens is 250 g/mol. The third-order valence-corrected chi connectivity index (χ3v) is 2.10. The van der Waals surface area contributed by atoms with Gasteiger partial charge in [0.2, 0.25) is 0 Å². The van der Waals surface area contributed by atoms with Gasteiger partial charge in [0.1, 0.15) is 18.0 Å². The normalized spacial score (nSPS) is 9.74. The van der Waals surface area contributed by atoms with Gasteiger partial charge in [-0.15, -0.1) is 0 Å². The van der Waals surface area contributed by atoms with Crippen LogP contribution >= 0.6 is 0 Å². The van der Waals surface area contributed by atoms with E-state index in [0.717, 1.165) is 12.2 Å². The highest BCUT2D eigenvalue weighted by atomic mass is 16.5. The second-order valence-electron chi connectivity index (χ2n) is 3.78. The Bertz CT molecular complexity index is 416. The van der Waals surface area contributed by atoms with Crippen molar-refractivity contribution < 1.29 is 24.2 Å². The van der Waals surface area contributed by atoms with Crippen LogP contribution < -0.4 is 14.8 Å². The highest BCUT2D eigenvalue weighted by Crippen LogP contribution is 2.17. The van der Waals surface area contributed by atoms with Crippen molar-refractivity contribution in [2.45, 2.75) is 13.3 Å². The van der Waals surface area contributed by atoms with Crippen molar-refractivity contribution in [2.24, 2.45) is 0 Å². The first kappa shape index (κ1) is 14.8. The zero-order valence-corrected chi connectivity index (χ0v) is 10.7. The lowest BCUT2D eigenvalue weighted by molar-refractivity contribution is -0.138. The van der Waals surface area contributed by atoms with Crippen molar-refractivity contribution in [3.63, 3.8) is 0 Å². The molecule has 1 amide bonds. The van der Waals surface area contributed by atoms with Crippen molar-refractivity contribution in [3.05, 3.63) is 24.3 Å². The number of hydrogen-bond acceptors (Lipinski definition) is 4. The van der Waals surface area contributed by atoms with Crippen LogP contribution in [0.3, 0.4) is 0 Å². The van der Waals surface area contributed by atoms with E-state index in [9.17, 15) is 9.59 Å². The Kier molecular flexibility index (Phi) is 6.21. The van der Waals surface area contributed by atoms with E-state index in [1.54, 1.807) is 24.3 Å². The number of aliphatic carboxylic acids is 1. The van der Waals surface area contributed by atoms with Crippen molar-refractivity contribution in [1.29, 1.82) is 0 Å². The van der Waals surface area contributed by atoms with Crippen LogP contribution in [0.1, 0.15) is 13.3 Å². The molecule has 0 radical (unpaired) electrons. The number of hydrogen-bond donors (Lipinski definition) is 2. The monoisotopic (exact) mass is 267 g/mol. The SMILES string of the molecule is CCCOc1ccc(OCC(=O)NCC(=O)O)cc1. The molecule has 0 unspecified atom stereocenters. The number of carbonyl (C=O) groups is 2. The highest BCUT2D eigenvalue weighted by molar-refractivity contribution is 5.82. The molecule has 0 bridgehead atoms. The molecule has 0 spiro atoms. The Balaban J connectivity index is 2.33. The van der Waals surface area contributed by atoms with Crippen molar-refractivity contribution in [2.75, 3.05) is 19.8 Å². The number of carbonyl (C=O) groups excluding carboxylic acids is 1. The third-order valence-electron chi connectivity index (χ3n) is 2.10. The minimum absolute atomic E-state index is 0.220.